The fraction of sp³-hybridized carbons (Fsp3) is 0.909. The molecule has 0 heterocycles. The first kappa shape index (κ1) is 24.6. The lowest BCUT2D eigenvalue weighted by atomic mass is 10.0. The number of nitrogens with two attached hydrogens (primary N) is 2. The van der Waals surface area contributed by atoms with E-state index in [0.717, 1.165) is 32.1 Å². The largest absolute Gasteiger partial charge is 0.330 e. The van der Waals surface area contributed by atoms with Gasteiger partial charge < -0.3 is 11.5 Å². The molecule has 0 spiro atoms. The van der Waals surface area contributed by atoms with Crippen LogP contribution in [0.25, 0.3) is 0 Å². The summed E-state index contributed by atoms with van der Waals surface area (Å²) in [7, 11) is 0. The third-order valence-corrected chi connectivity index (χ3v) is 4.99. The molecule has 0 aromatic heterocycles. The summed E-state index contributed by atoms with van der Waals surface area (Å²) in [4.78, 5) is 11.8. The van der Waals surface area contributed by atoms with Crippen LogP contribution in [0.1, 0.15) is 116 Å². The molecule has 0 aromatic carbocycles. The maximum Gasteiger partial charge on any atom is 0.153 e. The summed E-state index contributed by atoms with van der Waals surface area (Å²) >= 11 is 0. The number of ketones is 1. The zero-order valence-electron chi connectivity index (χ0n) is 16.9. The van der Waals surface area contributed by atoms with Gasteiger partial charge in [0.25, 0.3) is 0 Å². The van der Waals surface area contributed by atoms with Crippen molar-refractivity contribution in [2.75, 3.05) is 6.54 Å². The molecule has 1 atom stereocenters. The van der Waals surface area contributed by atoms with E-state index >= 15 is 0 Å². The van der Waals surface area contributed by atoms with Crippen molar-refractivity contribution in [1.29, 1.82) is 0 Å². The molecule has 3 nitrogen and oxygen atoms in total. The normalized spacial score (nSPS) is 12.4. The van der Waals surface area contributed by atoms with Crippen LogP contribution >= 0.6 is 0 Å². The molecular weight excluding hydrogens is 308 g/mol. The minimum Gasteiger partial charge on any atom is -0.330 e. The smallest absolute Gasteiger partial charge is 0.153 e. The lowest BCUT2D eigenvalue weighted by Crippen LogP contribution is -2.30. The van der Waals surface area contributed by atoms with E-state index in [-0.39, 0.29) is 11.8 Å². The van der Waals surface area contributed by atoms with Crippen molar-refractivity contribution < 1.29 is 4.79 Å². The SMILES string of the molecule is CCCCCCCCCCCCCCC[CH]C(=O)[C@@H](N)CCCCN. The molecule has 0 fully saturated rings. The Morgan fingerprint density at radius 3 is 1.72 bits per heavy atom. The van der Waals surface area contributed by atoms with Gasteiger partial charge in [0.1, 0.15) is 0 Å². The lowest BCUT2D eigenvalue weighted by molar-refractivity contribution is -0.117. The van der Waals surface area contributed by atoms with Crippen LogP contribution in [0.5, 0.6) is 0 Å². The molecule has 0 rings (SSSR count). The fourth-order valence-electron chi connectivity index (χ4n) is 3.21. The average molecular weight is 354 g/mol. The maximum atomic E-state index is 11.8. The highest BCUT2D eigenvalue weighted by Crippen LogP contribution is 2.13. The summed E-state index contributed by atoms with van der Waals surface area (Å²) in [5.74, 6) is 0.121. The number of rotatable bonds is 20. The summed E-state index contributed by atoms with van der Waals surface area (Å²) in [6, 6.07) is -0.312. The Hall–Kier alpha value is -0.410. The summed E-state index contributed by atoms with van der Waals surface area (Å²) in [6.45, 7) is 2.96. The Bertz CT molecular complexity index is 281. The fourth-order valence-corrected chi connectivity index (χ4v) is 3.21. The zero-order chi connectivity index (χ0) is 18.6. The topological polar surface area (TPSA) is 69.1 Å². The Morgan fingerprint density at radius 1 is 0.760 bits per heavy atom. The van der Waals surface area contributed by atoms with Crippen LogP contribution < -0.4 is 11.5 Å². The first-order valence-corrected chi connectivity index (χ1v) is 11.0. The molecule has 25 heavy (non-hydrogen) atoms. The van der Waals surface area contributed by atoms with Crippen molar-refractivity contribution in [2.24, 2.45) is 11.5 Å². The summed E-state index contributed by atoms with van der Waals surface area (Å²) in [5.41, 5.74) is 11.3. The molecule has 0 saturated heterocycles. The molecule has 0 bridgehead atoms. The number of carbonyl (C=O) groups is 1. The van der Waals surface area contributed by atoms with E-state index in [1.54, 1.807) is 0 Å². The van der Waals surface area contributed by atoms with Crippen LogP contribution in [0.4, 0.5) is 0 Å². The summed E-state index contributed by atoms with van der Waals surface area (Å²) in [5, 5.41) is 0. The lowest BCUT2D eigenvalue weighted by Gasteiger charge is -2.09. The second kappa shape index (κ2) is 19.9. The number of hydrogen-bond donors (Lipinski definition) is 2. The van der Waals surface area contributed by atoms with Gasteiger partial charge in [-0.05, 0) is 25.8 Å². The van der Waals surface area contributed by atoms with Gasteiger partial charge in [0, 0.05) is 6.42 Å². The molecule has 3 heteroatoms. The Morgan fingerprint density at radius 2 is 1.24 bits per heavy atom. The molecule has 0 aliphatic carbocycles. The maximum absolute atomic E-state index is 11.8. The molecule has 0 saturated carbocycles. The van der Waals surface area contributed by atoms with Crippen molar-refractivity contribution in [2.45, 2.75) is 122 Å². The first-order chi connectivity index (χ1) is 12.2. The minimum atomic E-state index is -0.312. The molecule has 0 aliphatic heterocycles. The van der Waals surface area contributed by atoms with Gasteiger partial charge in [-0.3, -0.25) is 4.79 Å². The van der Waals surface area contributed by atoms with Crippen molar-refractivity contribution in [3.8, 4) is 0 Å². The second-order valence-electron chi connectivity index (χ2n) is 7.53. The van der Waals surface area contributed by atoms with Crippen LogP contribution in [0.15, 0.2) is 0 Å². The van der Waals surface area contributed by atoms with Crippen LogP contribution in [0.2, 0.25) is 0 Å². The molecule has 0 unspecified atom stereocenters. The quantitative estimate of drug-likeness (QED) is 0.276. The van der Waals surface area contributed by atoms with Crippen molar-refractivity contribution >= 4 is 5.78 Å². The zero-order valence-corrected chi connectivity index (χ0v) is 16.9. The standard InChI is InChI=1S/C22H45N2O/c1-2-3-4-5-6-7-8-9-10-11-12-13-14-15-19-22(25)21(24)18-16-17-20-23/h19,21H,2-18,20,23-24H2,1H3/t21-/m0/s1. The van der Waals surface area contributed by atoms with E-state index in [1.807, 2.05) is 6.42 Å². The van der Waals surface area contributed by atoms with Gasteiger partial charge in [-0.25, -0.2) is 0 Å². The summed E-state index contributed by atoms with van der Waals surface area (Å²) in [6.07, 6.45) is 23.0. The van der Waals surface area contributed by atoms with Crippen molar-refractivity contribution in [3.63, 3.8) is 0 Å². The van der Waals surface area contributed by atoms with Gasteiger partial charge in [-0.15, -0.1) is 0 Å². The highest BCUT2D eigenvalue weighted by atomic mass is 16.1. The van der Waals surface area contributed by atoms with Crippen LogP contribution in [0, 0.1) is 6.42 Å². The Labute approximate surface area is 157 Å². The highest BCUT2D eigenvalue weighted by Gasteiger charge is 2.12. The van der Waals surface area contributed by atoms with Gasteiger partial charge in [0.05, 0.1) is 6.04 Å². The van der Waals surface area contributed by atoms with Crippen LogP contribution in [-0.2, 0) is 4.79 Å². The van der Waals surface area contributed by atoms with E-state index < -0.39 is 0 Å². The summed E-state index contributed by atoms with van der Waals surface area (Å²) < 4.78 is 0. The number of Topliss-reactive ketones (excluding diaryl/α,β-unsaturated/α-hetero) is 1. The molecule has 0 aliphatic rings. The van der Waals surface area contributed by atoms with E-state index in [2.05, 4.69) is 6.92 Å². The molecule has 4 N–H and O–H groups in total. The van der Waals surface area contributed by atoms with Gasteiger partial charge in [-0.2, -0.15) is 0 Å². The molecular formula is C22H45N2O. The first-order valence-electron chi connectivity index (χ1n) is 11.0. The Balaban J connectivity index is 3.21. The average Bonchev–Trinajstić information content (AvgIpc) is 2.61. The highest BCUT2D eigenvalue weighted by molar-refractivity contribution is 5.91. The molecule has 0 aromatic rings. The van der Waals surface area contributed by atoms with E-state index in [1.165, 1.54) is 77.0 Å². The predicted molar refractivity (Wildman–Crippen MR) is 110 cm³/mol. The monoisotopic (exact) mass is 353 g/mol. The van der Waals surface area contributed by atoms with Gasteiger partial charge >= 0.3 is 0 Å². The number of hydrogen-bond acceptors (Lipinski definition) is 3. The van der Waals surface area contributed by atoms with E-state index in [9.17, 15) is 4.79 Å². The predicted octanol–water partition coefficient (Wildman–Crippen LogP) is 5.70. The molecule has 149 valence electrons. The van der Waals surface area contributed by atoms with Crippen molar-refractivity contribution in [3.05, 3.63) is 6.42 Å². The third-order valence-electron chi connectivity index (χ3n) is 4.99. The van der Waals surface area contributed by atoms with Gasteiger partial charge in [0.2, 0.25) is 0 Å². The minimum absolute atomic E-state index is 0.121. The van der Waals surface area contributed by atoms with Crippen LogP contribution in [0.3, 0.4) is 0 Å². The van der Waals surface area contributed by atoms with Gasteiger partial charge in [-0.1, -0.05) is 96.8 Å². The van der Waals surface area contributed by atoms with E-state index in [4.69, 9.17) is 11.5 Å². The number of unbranched alkanes of at least 4 members (excludes halogenated alkanes) is 14. The van der Waals surface area contributed by atoms with Crippen LogP contribution in [-0.4, -0.2) is 18.4 Å². The number of carbonyl (C=O) groups excluding carboxylic acids is 1. The molecule has 1 radical (unpaired) electrons. The third kappa shape index (κ3) is 18.2. The Kier molecular flexibility index (Phi) is 19.6. The second-order valence-corrected chi connectivity index (χ2v) is 7.53. The van der Waals surface area contributed by atoms with Gasteiger partial charge in [0.15, 0.2) is 5.78 Å². The van der Waals surface area contributed by atoms with Crippen molar-refractivity contribution in [1.82, 2.24) is 0 Å². The molecule has 0 amide bonds. The van der Waals surface area contributed by atoms with E-state index in [0.29, 0.717) is 6.54 Å².